The lowest BCUT2D eigenvalue weighted by Gasteiger charge is -2.34. The zero-order chi connectivity index (χ0) is 13.9. The van der Waals surface area contributed by atoms with Crippen molar-refractivity contribution >= 4 is 18.3 Å². The smallest absolute Gasteiger partial charge is 0.254 e. The van der Waals surface area contributed by atoms with Crippen LogP contribution in [0.4, 0.5) is 4.39 Å². The highest BCUT2D eigenvalue weighted by Gasteiger charge is 2.27. The molecule has 1 saturated heterocycles. The standard InChI is InChI=1S/C15H21FN2O.ClH/c1-11-3-4-12(13(16)9-11)14(19)18-10-15(2)5-7-17-8-6-15;/h3-4,9,17H,5-8,10H2,1-2H3,(H,18,19);1H. The zero-order valence-electron chi connectivity index (χ0n) is 12.0. The number of nitrogens with one attached hydrogen (secondary N) is 2. The van der Waals surface area contributed by atoms with Gasteiger partial charge in [-0.1, -0.05) is 13.0 Å². The third-order valence-electron chi connectivity index (χ3n) is 3.86. The molecule has 2 N–H and O–H groups in total. The Labute approximate surface area is 125 Å². The Hall–Kier alpha value is -1.13. The molecule has 0 atom stereocenters. The van der Waals surface area contributed by atoms with Crippen molar-refractivity contribution in [2.45, 2.75) is 26.7 Å². The Morgan fingerprint density at radius 2 is 2.05 bits per heavy atom. The molecular formula is C15H22ClFN2O. The number of piperidine rings is 1. The second kappa shape index (κ2) is 7.04. The molecule has 0 aromatic heterocycles. The number of hydrogen-bond acceptors (Lipinski definition) is 2. The average molecular weight is 301 g/mol. The average Bonchev–Trinajstić information content (AvgIpc) is 2.37. The number of carbonyl (C=O) groups excluding carboxylic acids is 1. The van der Waals surface area contributed by atoms with Crippen LogP contribution in [0.1, 0.15) is 35.7 Å². The molecule has 5 heteroatoms. The summed E-state index contributed by atoms with van der Waals surface area (Å²) < 4.78 is 13.7. The number of aryl methyl sites for hydroxylation is 1. The van der Waals surface area contributed by atoms with Crippen molar-refractivity contribution in [1.29, 1.82) is 0 Å². The van der Waals surface area contributed by atoms with E-state index in [4.69, 9.17) is 0 Å². The van der Waals surface area contributed by atoms with Crippen molar-refractivity contribution in [3.8, 4) is 0 Å². The Kier molecular flexibility index (Phi) is 5.96. The van der Waals surface area contributed by atoms with Crippen LogP contribution < -0.4 is 10.6 Å². The fourth-order valence-electron chi connectivity index (χ4n) is 2.40. The van der Waals surface area contributed by atoms with Gasteiger partial charge in [-0.25, -0.2) is 4.39 Å². The van der Waals surface area contributed by atoms with Crippen LogP contribution >= 0.6 is 12.4 Å². The Morgan fingerprint density at radius 3 is 2.65 bits per heavy atom. The van der Waals surface area contributed by atoms with Gasteiger partial charge < -0.3 is 10.6 Å². The number of rotatable bonds is 3. The van der Waals surface area contributed by atoms with Crippen LogP contribution in [-0.4, -0.2) is 25.5 Å². The van der Waals surface area contributed by atoms with Gasteiger partial charge in [-0.15, -0.1) is 12.4 Å². The summed E-state index contributed by atoms with van der Waals surface area (Å²) in [4.78, 5) is 12.0. The van der Waals surface area contributed by atoms with Crippen molar-refractivity contribution < 1.29 is 9.18 Å². The summed E-state index contributed by atoms with van der Waals surface area (Å²) in [5.41, 5.74) is 1.06. The summed E-state index contributed by atoms with van der Waals surface area (Å²) in [6.07, 6.45) is 2.06. The maximum absolute atomic E-state index is 13.7. The minimum absolute atomic E-state index is 0. The fraction of sp³-hybridized carbons (Fsp3) is 0.533. The molecule has 0 bridgehead atoms. The minimum atomic E-state index is -0.451. The SMILES string of the molecule is Cc1ccc(C(=O)NCC2(C)CCNCC2)c(F)c1.Cl. The lowest BCUT2D eigenvalue weighted by atomic mass is 9.81. The predicted molar refractivity (Wildman–Crippen MR) is 80.9 cm³/mol. The molecule has 0 unspecified atom stereocenters. The normalized spacial score (nSPS) is 17.1. The molecular weight excluding hydrogens is 279 g/mol. The van der Waals surface area contributed by atoms with Crippen LogP contribution in [0.15, 0.2) is 18.2 Å². The van der Waals surface area contributed by atoms with E-state index in [9.17, 15) is 9.18 Å². The number of benzene rings is 1. The second-order valence-electron chi connectivity index (χ2n) is 5.73. The molecule has 0 spiro atoms. The van der Waals surface area contributed by atoms with Gasteiger partial charge >= 0.3 is 0 Å². The van der Waals surface area contributed by atoms with Gasteiger partial charge in [0.15, 0.2) is 0 Å². The fourth-order valence-corrected chi connectivity index (χ4v) is 2.40. The summed E-state index contributed by atoms with van der Waals surface area (Å²) in [6, 6.07) is 4.69. The quantitative estimate of drug-likeness (QED) is 0.901. The molecule has 112 valence electrons. The van der Waals surface area contributed by atoms with Crippen molar-refractivity contribution in [1.82, 2.24) is 10.6 Å². The number of carbonyl (C=O) groups is 1. The third kappa shape index (κ3) is 4.18. The molecule has 0 radical (unpaired) electrons. The molecule has 1 aliphatic rings. The van der Waals surface area contributed by atoms with Crippen LogP contribution in [0.5, 0.6) is 0 Å². The van der Waals surface area contributed by atoms with E-state index in [2.05, 4.69) is 17.6 Å². The van der Waals surface area contributed by atoms with Crippen LogP contribution in [0.25, 0.3) is 0 Å². The van der Waals surface area contributed by atoms with Crippen LogP contribution in [-0.2, 0) is 0 Å². The highest BCUT2D eigenvalue weighted by Crippen LogP contribution is 2.26. The molecule has 1 aromatic carbocycles. The number of amides is 1. The molecule has 3 nitrogen and oxygen atoms in total. The van der Waals surface area contributed by atoms with E-state index in [1.54, 1.807) is 19.1 Å². The van der Waals surface area contributed by atoms with Crippen LogP contribution in [0.3, 0.4) is 0 Å². The second-order valence-corrected chi connectivity index (χ2v) is 5.73. The lowest BCUT2D eigenvalue weighted by Crippen LogP contribution is -2.43. The Bertz CT molecular complexity index is 473. The number of hydrogen-bond donors (Lipinski definition) is 2. The van der Waals surface area contributed by atoms with Crippen LogP contribution in [0.2, 0.25) is 0 Å². The predicted octanol–water partition coefficient (Wildman–Crippen LogP) is 2.68. The first kappa shape index (κ1) is 16.9. The maximum atomic E-state index is 13.7. The molecule has 20 heavy (non-hydrogen) atoms. The first-order valence-electron chi connectivity index (χ1n) is 6.75. The van der Waals surface area contributed by atoms with Crippen molar-refractivity contribution in [3.05, 3.63) is 35.1 Å². The summed E-state index contributed by atoms with van der Waals surface area (Å²) in [6.45, 7) is 6.53. The lowest BCUT2D eigenvalue weighted by molar-refractivity contribution is 0.0918. The molecule has 1 heterocycles. The molecule has 1 fully saturated rings. The third-order valence-corrected chi connectivity index (χ3v) is 3.86. The zero-order valence-corrected chi connectivity index (χ0v) is 12.8. The van der Waals surface area contributed by atoms with Gasteiger partial charge in [0, 0.05) is 6.54 Å². The maximum Gasteiger partial charge on any atom is 0.254 e. The summed E-state index contributed by atoms with van der Waals surface area (Å²) in [5.74, 6) is -0.773. The van der Waals surface area contributed by atoms with Gasteiger partial charge in [0.2, 0.25) is 0 Å². The van der Waals surface area contributed by atoms with Crippen molar-refractivity contribution in [2.75, 3.05) is 19.6 Å². The van der Waals surface area contributed by atoms with E-state index in [0.717, 1.165) is 31.5 Å². The van der Waals surface area contributed by atoms with Gasteiger partial charge in [-0.3, -0.25) is 4.79 Å². The van der Waals surface area contributed by atoms with Crippen molar-refractivity contribution in [2.24, 2.45) is 5.41 Å². The first-order valence-corrected chi connectivity index (χ1v) is 6.75. The molecule has 1 amide bonds. The monoisotopic (exact) mass is 300 g/mol. The van der Waals surface area contributed by atoms with Gasteiger partial charge in [0.1, 0.15) is 5.82 Å². The van der Waals surface area contributed by atoms with Crippen molar-refractivity contribution in [3.63, 3.8) is 0 Å². The van der Waals surface area contributed by atoms with Gasteiger partial charge in [-0.05, 0) is 56.0 Å². The van der Waals surface area contributed by atoms with Gasteiger partial charge in [0.25, 0.3) is 5.91 Å². The first-order chi connectivity index (χ1) is 9.00. The van der Waals surface area contributed by atoms with Gasteiger partial charge in [-0.2, -0.15) is 0 Å². The molecule has 2 rings (SSSR count). The summed E-state index contributed by atoms with van der Waals surface area (Å²) >= 11 is 0. The van der Waals surface area contributed by atoms with E-state index in [-0.39, 0.29) is 29.3 Å². The minimum Gasteiger partial charge on any atom is -0.351 e. The van der Waals surface area contributed by atoms with Crippen LogP contribution in [0, 0.1) is 18.2 Å². The van der Waals surface area contributed by atoms with E-state index < -0.39 is 5.82 Å². The van der Waals surface area contributed by atoms with E-state index in [1.165, 1.54) is 6.07 Å². The Balaban J connectivity index is 0.00000200. The topological polar surface area (TPSA) is 41.1 Å². The Morgan fingerprint density at radius 1 is 1.40 bits per heavy atom. The van der Waals surface area contributed by atoms with E-state index in [0.29, 0.717) is 6.54 Å². The molecule has 0 saturated carbocycles. The number of halogens is 2. The highest BCUT2D eigenvalue weighted by atomic mass is 35.5. The molecule has 0 aliphatic carbocycles. The largest absolute Gasteiger partial charge is 0.351 e. The highest BCUT2D eigenvalue weighted by molar-refractivity contribution is 5.94. The van der Waals surface area contributed by atoms with E-state index >= 15 is 0 Å². The summed E-state index contributed by atoms with van der Waals surface area (Å²) in [7, 11) is 0. The van der Waals surface area contributed by atoms with Gasteiger partial charge in [0.05, 0.1) is 5.56 Å². The molecule has 1 aliphatic heterocycles. The van der Waals surface area contributed by atoms with E-state index in [1.807, 2.05) is 0 Å². The molecule has 1 aromatic rings. The summed E-state index contributed by atoms with van der Waals surface area (Å²) in [5, 5.41) is 6.16.